The number of rotatable bonds is 3. The lowest BCUT2D eigenvalue weighted by Gasteiger charge is -2.37. The van der Waals surface area contributed by atoms with Gasteiger partial charge < -0.3 is 10.0 Å². The van der Waals surface area contributed by atoms with Crippen molar-refractivity contribution in [2.45, 2.75) is 60.0 Å². The van der Waals surface area contributed by atoms with Crippen molar-refractivity contribution in [1.29, 1.82) is 0 Å². The van der Waals surface area contributed by atoms with E-state index < -0.39 is 0 Å². The summed E-state index contributed by atoms with van der Waals surface area (Å²) in [6.45, 7) is 12.2. The van der Waals surface area contributed by atoms with Gasteiger partial charge >= 0.3 is 0 Å². The van der Waals surface area contributed by atoms with E-state index in [9.17, 15) is 9.90 Å². The number of hydrogen-bond acceptors (Lipinski definition) is 2. The Labute approximate surface area is 112 Å². The third kappa shape index (κ3) is 3.98. The number of piperidine rings is 1. The summed E-state index contributed by atoms with van der Waals surface area (Å²) in [6, 6.07) is 0. The molecule has 0 radical (unpaired) electrons. The smallest absolute Gasteiger partial charge is 0.222 e. The Balaban J connectivity index is 2.53. The molecule has 0 aromatic heterocycles. The maximum atomic E-state index is 12.3. The van der Waals surface area contributed by atoms with E-state index in [2.05, 4.69) is 34.6 Å². The molecule has 1 heterocycles. The predicted molar refractivity (Wildman–Crippen MR) is 74.2 cm³/mol. The largest absolute Gasteiger partial charge is 0.393 e. The van der Waals surface area contributed by atoms with Gasteiger partial charge in [0, 0.05) is 25.4 Å². The van der Waals surface area contributed by atoms with Gasteiger partial charge in [-0.25, -0.2) is 0 Å². The normalized spacial score (nSPS) is 27.1. The molecular formula is C15H29NO2. The van der Waals surface area contributed by atoms with Crippen LogP contribution in [-0.2, 0) is 4.79 Å². The molecule has 1 rings (SSSR count). The molecule has 0 aromatic carbocycles. The van der Waals surface area contributed by atoms with Crippen molar-refractivity contribution >= 4 is 5.91 Å². The third-order valence-corrected chi connectivity index (χ3v) is 4.53. The van der Waals surface area contributed by atoms with Gasteiger partial charge in [-0.1, -0.05) is 34.6 Å². The highest BCUT2D eigenvalue weighted by atomic mass is 16.3. The number of likely N-dealkylation sites (tertiary alicyclic amines) is 1. The molecule has 0 spiro atoms. The molecule has 0 aromatic rings. The van der Waals surface area contributed by atoms with Crippen LogP contribution in [-0.4, -0.2) is 35.1 Å². The lowest BCUT2D eigenvalue weighted by atomic mass is 9.79. The van der Waals surface area contributed by atoms with Crippen LogP contribution in [0.25, 0.3) is 0 Å². The summed E-state index contributed by atoms with van der Waals surface area (Å²) in [7, 11) is 0. The fraction of sp³-hybridized carbons (Fsp3) is 0.933. The second-order valence-corrected chi connectivity index (χ2v) is 6.84. The second kappa shape index (κ2) is 6.05. The number of carbonyl (C=O) groups excluding carboxylic acids is 1. The van der Waals surface area contributed by atoms with E-state index in [-0.39, 0.29) is 23.3 Å². The zero-order valence-electron chi connectivity index (χ0n) is 12.6. The van der Waals surface area contributed by atoms with E-state index in [1.807, 2.05) is 4.90 Å². The highest BCUT2D eigenvalue weighted by Gasteiger charge is 2.31. The second-order valence-electron chi connectivity index (χ2n) is 6.84. The maximum absolute atomic E-state index is 12.3. The van der Waals surface area contributed by atoms with Crippen molar-refractivity contribution in [1.82, 2.24) is 4.90 Å². The van der Waals surface area contributed by atoms with Crippen molar-refractivity contribution in [3.05, 3.63) is 0 Å². The fourth-order valence-corrected chi connectivity index (χ4v) is 2.34. The molecule has 1 aliphatic heterocycles. The van der Waals surface area contributed by atoms with Crippen LogP contribution in [0.3, 0.4) is 0 Å². The van der Waals surface area contributed by atoms with Gasteiger partial charge in [0.2, 0.25) is 5.91 Å². The Hall–Kier alpha value is -0.570. The van der Waals surface area contributed by atoms with Gasteiger partial charge in [0.1, 0.15) is 0 Å². The molecule has 0 aliphatic carbocycles. The van der Waals surface area contributed by atoms with Gasteiger partial charge in [0.15, 0.2) is 0 Å². The molecule has 1 amide bonds. The minimum Gasteiger partial charge on any atom is -0.393 e. The zero-order valence-corrected chi connectivity index (χ0v) is 12.6. The first-order valence-corrected chi connectivity index (χ1v) is 7.21. The van der Waals surface area contributed by atoms with E-state index in [1.54, 1.807) is 0 Å². The third-order valence-electron chi connectivity index (χ3n) is 4.53. The van der Waals surface area contributed by atoms with Crippen LogP contribution >= 0.6 is 0 Å². The average molecular weight is 255 g/mol. The molecule has 106 valence electrons. The van der Waals surface area contributed by atoms with Crippen molar-refractivity contribution in [3.63, 3.8) is 0 Å². The molecule has 3 atom stereocenters. The van der Waals surface area contributed by atoms with E-state index >= 15 is 0 Å². The Morgan fingerprint density at radius 3 is 2.56 bits per heavy atom. The monoisotopic (exact) mass is 255 g/mol. The van der Waals surface area contributed by atoms with Crippen LogP contribution in [0.2, 0.25) is 0 Å². The number of nitrogens with zero attached hydrogens (tertiary/aromatic N) is 1. The summed E-state index contributed by atoms with van der Waals surface area (Å²) >= 11 is 0. The minimum atomic E-state index is -0.223. The molecular weight excluding hydrogens is 226 g/mol. The molecule has 3 nitrogen and oxygen atoms in total. The minimum absolute atomic E-state index is 0.176. The lowest BCUT2D eigenvalue weighted by Crippen LogP contribution is -2.46. The Morgan fingerprint density at radius 1 is 1.44 bits per heavy atom. The average Bonchev–Trinajstić information content (AvgIpc) is 2.28. The first-order chi connectivity index (χ1) is 8.25. The van der Waals surface area contributed by atoms with Gasteiger partial charge in [-0.2, -0.15) is 0 Å². The number of amides is 1. The van der Waals surface area contributed by atoms with Crippen molar-refractivity contribution in [3.8, 4) is 0 Å². The SMILES string of the molecule is CCC1CN(C(=O)CC(C)C(C)(C)C)CCC1O. The molecule has 1 N–H and O–H groups in total. The summed E-state index contributed by atoms with van der Waals surface area (Å²) in [5.41, 5.74) is 0.176. The number of hydrogen-bond donors (Lipinski definition) is 1. The zero-order chi connectivity index (χ0) is 13.9. The topological polar surface area (TPSA) is 40.5 Å². The highest BCUT2D eigenvalue weighted by molar-refractivity contribution is 5.76. The summed E-state index contributed by atoms with van der Waals surface area (Å²) in [6.07, 6.45) is 2.07. The molecule has 0 saturated carbocycles. The quantitative estimate of drug-likeness (QED) is 0.842. The molecule has 3 unspecified atom stereocenters. The molecule has 0 bridgehead atoms. The van der Waals surface area contributed by atoms with Gasteiger partial charge in [0.05, 0.1) is 6.10 Å². The van der Waals surface area contributed by atoms with Crippen LogP contribution < -0.4 is 0 Å². The number of aliphatic hydroxyl groups excluding tert-OH is 1. The summed E-state index contributed by atoms with van der Waals surface area (Å²) in [5, 5.41) is 9.84. The van der Waals surface area contributed by atoms with Crippen molar-refractivity contribution in [2.24, 2.45) is 17.3 Å². The van der Waals surface area contributed by atoms with Gasteiger partial charge in [0.25, 0.3) is 0 Å². The van der Waals surface area contributed by atoms with Crippen molar-refractivity contribution in [2.75, 3.05) is 13.1 Å². The van der Waals surface area contributed by atoms with Crippen LogP contribution in [0, 0.1) is 17.3 Å². The van der Waals surface area contributed by atoms with E-state index in [0.717, 1.165) is 19.4 Å². The van der Waals surface area contributed by atoms with Gasteiger partial charge in [-0.3, -0.25) is 4.79 Å². The fourth-order valence-electron chi connectivity index (χ4n) is 2.34. The Bertz CT molecular complexity index is 283. The molecule has 1 saturated heterocycles. The van der Waals surface area contributed by atoms with Gasteiger partial charge in [-0.05, 0) is 24.2 Å². The Kier molecular flexibility index (Phi) is 5.20. The van der Waals surface area contributed by atoms with Crippen LogP contribution in [0.1, 0.15) is 53.9 Å². The standard InChI is InChI=1S/C15H29NO2/c1-6-12-10-16(8-7-13(12)17)14(18)9-11(2)15(3,4)5/h11-13,17H,6-10H2,1-5H3. The van der Waals surface area contributed by atoms with Crippen LogP contribution in [0.15, 0.2) is 0 Å². The predicted octanol–water partition coefficient (Wildman–Crippen LogP) is 2.68. The summed E-state index contributed by atoms with van der Waals surface area (Å²) < 4.78 is 0. The van der Waals surface area contributed by atoms with Crippen molar-refractivity contribution < 1.29 is 9.90 Å². The molecule has 1 aliphatic rings. The van der Waals surface area contributed by atoms with Gasteiger partial charge in [-0.15, -0.1) is 0 Å². The van der Waals surface area contributed by atoms with Crippen LogP contribution in [0.4, 0.5) is 0 Å². The first-order valence-electron chi connectivity index (χ1n) is 7.21. The molecule has 18 heavy (non-hydrogen) atoms. The van der Waals surface area contributed by atoms with E-state index in [1.165, 1.54) is 0 Å². The number of aliphatic hydroxyl groups is 1. The van der Waals surface area contributed by atoms with E-state index in [4.69, 9.17) is 0 Å². The highest BCUT2D eigenvalue weighted by Crippen LogP contribution is 2.29. The summed E-state index contributed by atoms with van der Waals surface area (Å²) in [4.78, 5) is 14.2. The lowest BCUT2D eigenvalue weighted by molar-refractivity contribution is -0.136. The number of carbonyl (C=O) groups is 1. The Morgan fingerprint density at radius 2 is 2.06 bits per heavy atom. The molecule has 1 fully saturated rings. The molecule has 3 heteroatoms. The maximum Gasteiger partial charge on any atom is 0.222 e. The summed E-state index contributed by atoms with van der Waals surface area (Å²) in [5.74, 6) is 0.896. The van der Waals surface area contributed by atoms with Crippen LogP contribution in [0.5, 0.6) is 0 Å². The first kappa shape index (κ1) is 15.5. The van der Waals surface area contributed by atoms with E-state index in [0.29, 0.717) is 18.9 Å².